The third-order valence-electron chi connectivity index (χ3n) is 2.75. The molecule has 1 aromatic rings. The number of benzene rings is 1. The second kappa shape index (κ2) is 3.23. The SMILES string of the molecule is CC1(C)C(=O)Nc2ccc(N=C(N)N)cc21. The van der Waals surface area contributed by atoms with E-state index in [1.165, 1.54) is 0 Å². The maximum atomic E-state index is 11.7. The number of aliphatic imine (C=N–C) groups is 1. The highest BCUT2D eigenvalue weighted by Crippen LogP contribution is 2.39. The zero-order valence-corrected chi connectivity index (χ0v) is 9.24. The lowest BCUT2D eigenvalue weighted by Crippen LogP contribution is -2.26. The van der Waals surface area contributed by atoms with Crippen LogP contribution in [0.15, 0.2) is 23.2 Å². The number of anilines is 1. The van der Waals surface area contributed by atoms with Gasteiger partial charge in [-0.05, 0) is 37.6 Å². The van der Waals surface area contributed by atoms with Crippen molar-refractivity contribution in [1.82, 2.24) is 0 Å². The molecule has 2 rings (SSSR count). The summed E-state index contributed by atoms with van der Waals surface area (Å²) in [6.07, 6.45) is 0. The predicted octanol–water partition coefficient (Wildman–Crippen LogP) is 0.821. The summed E-state index contributed by atoms with van der Waals surface area (Å²) in [6.45, 7) is 3.74. The Labute approximate surface area is 93.5 Å². The molecule has 1 heterocycles. The van der Waals surface area contributed by atoms with E-state index in [9.17, 15) is 4.79 Å². The van der Waals surface area contributed by atoms with Gasteiger partial charge in [-0.25, -0.2) is 4.99 Å². The van der Waals surface area contributed by atoms with Gasteiger partial charge in [0, 0.05) is 5.69 Å². The van der Waals surface area contributed by atoms with Crippen molar-refractivity contribution in [3.05, 3.63) is 23.8 Å². The molecule has 1 aliphatic rings. The molecule has 0 spiro atoms. The number of nitrogens with two attached hydrogens (primary N) is 2. The number of carbonyl (C=O) groups is 1. The van der Waals surface area contributed by atoms with Gasteiger partial charge in [0.25, 0.3) is 0 Å². The van der Waals surface area contributed by atoms with Crippen molar-refractivity contribution in [2.24, 2.45) is 16.5 Å². The van der Waals surface area contributed by atoms with Crippen LogP contribution in [0, 0.1) is 0 Å². The molecule has 0 radical (unpaired) electrons. The van der Waals surface area contributed by atoms with E-state index in [1.54, 1.807) is 6.07 Å². The molecule has 1 aliphatic heterocycles. The summed E-state index contributed by atoms with van der Waals surface area (Å²) in [5.41, 5.74) is 12.5. The Kier molecular flexibility index (Phi) is 2.11. The lowest BCUT2D eigenvalue weighted by molar-refractivity contribution is -0.119. The number of hydrogen-bond donors (Lipinski definition) is 3. The molecule has 0 aliphatic carbocycles. The number of rotatable bonds is 1. The third kappa shape index (κ3) is 1.50. The van der Waals surface area contributed by atoms with Crippen LogP contribution in [-0.2, 0) is 10.2 Å². The third-order valence-corrected chi connectivity index (χ3v) is 2.75. The minimum absolute atomic E-state index is 0.00930. The zero-order valence-electron chi connectivity index (χ0n) is 9.24. The van der Waals surface area contributed by atoms with Crippen LogP contribution in [0.3, 0.4) is 0 Å². The van der Waals surface area contributed by atoms with Gasteiger partial charge in [-0.15, -0.1) is 0 Å². The van der Waals surface area contributed by atoms with Crippen LogP contribution in [0.25, 0.3) is 0 Å². The van der Waals surface area contributed by atoms with Crippen LogP contribution in [0.1, 0.15) is 19.4 Å². The van der Waals surface area contributed by atoms with Gasteiger partial charge in [0.1, 0.15) is 0 Å². The minimum atomic E-state index is -0.537. The topological polar surface area (TPSA) is 93.5 Å². The normalized spacial score (nSPS) is 16.5. The van der Waals surface area contributed by atoms with Gasteiger partial charge < -0.3 is 16.8 Å². The summed E-state index contributed by atoms with van der Waals surface area (Å²) in [6, 6.07) is 5.40. The van der Waals surface area contributed by atoms with E-state index in [2.05, 4.69) is 10.3 Å². The summed E-state index contributed by atoms with van der Waals surface area (Å²) in [7, 11) is 0. The van der Waals surface area contributed by atoms with Crippen molar-refractivity contribution in [3.63, 3.8) is 0 Å². The zero-order chi connectivity index (χ0) is 11.9. The molecule has 0 unspecified atom stereocenters. The predicted molar refractivity (Wildman–Crippen MR) is 63.6 cm³/mol. The number of carbonyl (C=O) groups excluding carboxylic acids is 1. The fourth-order valence-corrected chi connectivity index (χ4v) is 1.78. The Bertz CT molecular complexity index is 487. The van der Waals surface area contributed by atoms with Gasteiger partial charge in [0.05, 0.1) is 11.1 Å². The molecule has 5 nitrogen and oxygen atoms in total. The summed E-state index contributed by atoms with van der Waals surface area (Å²) < 4.78 is 0. The smallest absolute Gasteiger partial charge is 0.234 e. The Hall–Kier alpha value is -2.04. The van der Waals surface area contributed by atoms with Crippen LogP contribution in [0.4, 0.5) is 11.4 Å². The maximum Gasteiger partial charge on any atom is 0.234 e. The van der Waals surface area contributed by atoms with Crippen LogP contribution >= 0.6 is 0 Å². The molecular weight excluding hydrogens is 204 g/mol. The van der Waals surface area contributed by atoms with Crippen molar-refractivity contribution in [2.75, 3.05) is 5.32 Å². The first-order valence-electron chi connectivity index (χ1n) is 4.97. The molecule has 0 aromatic heterocycles. The summed E-state index contributed by atoms with van der Waals surface area (Å²) in [4.78, 5) is 15.7. The number of nitrogens with one attached hydrogen (secondary N) is 1. The Morgan fingerprint density at radius 2 is 2.06 bits per heavy atom. The lowest BCUT2D eigenvalue weighted by Gasteiger charge is -2.14. The van der Waals surface area contributed by atoms with Crippen molar-refractivity contribution >= 4 is 23.2 Å². The van der Waals surface area contributed by atoms with Gasteiger partial charge in [0.2, 0.25) is 5.91 Å². The number of hydrogen-bond acceptors (Lipinski definition) is 2. The van der Waals surface area contributed by atoms with Gasteiger partial charge >= 0.3 is 0 Å². The molecule has 0 saturated carbocycles. The molecule has 1 aromatic carbocycles. The molecule has 0 atom stereocenters. The summed E-state index contributed by atoms with van der Waals surface area (Å²) in [5, 5.41) is 2.82. The van der Waals surface area contributed by atoms with Crippen LogP contribution in [0.5, 0.6) is 0 Å². The molecule has 0 saturated heterocycles. The van der Waals surface area contributed by atoms with E-state index in [0.717, 1.165) is 11.3 Å². The first-order chi connectivity index (χ1) is 7.41. The fraction of sp³-hybridized carbons (Fsp3) is 0.273. The van der Waals surface area contributed by atoms with E-state index in [-0.39, 0.29) is 11.9 Å². The number of guanidine groups is 1. The first-order valence-corrected chi connectivity index (χ1v) is 4.97. The van der Waals surface area contributed by atoms with Crippen molar-refractivity contribution in [3.8, 4) is 0 Å². The molecule has 5 N–H and O–H groups in total. The average molecular weight is 218 g/mol. The van der Waals surface area contributed by atoms with Crippen molar-refractivity contribution < 1.29 is 4.79 Å². The van der Waals surface area contributed by atoms with Gasteiger partial charge in [-0.3, -0.25) is 4.79 Å². The molecular formula is C11H14N4O. The number of nitrogens with zero attached hydrogens (tertiary/aromatic N) is 1. The molecule has 16 heavy (non-hydrogen) atoms. The van der Waals surface area contributed by atoms with Crippen molar-refractivity contribution in [1.29, 1.82) is 0 Å². The molecule has 5 heteroatoms. The highest BCUT2D eigenvalue weighted by molar-refractivity contribution is 6.06. The van der Waals surface area contributed by atoms with Gasteiger partial charge in [0.15, 0.2) is 5.96 Å². The average Bonchev–Trinajstić information content (AvgIpc) is 2.39. The van der Waals surface area contributed by atoms with Gasteiger partial charge in [-0.1, -0.05) is 0 Å². The highest BCUT2D eigenvalue weighted by atomic mass is 16.2. The van der Waals surface area contributed by atoms with Crippen LogP contribution in [-0.4, -0.2) is 11.9 Å². The van der Waals surface area contributed by atoms with Crippen molar-refractivity contribution in [2.45, 2.75) is 19.3 Å². The largest absolute Gasteiger partial charge is 0.370 e. The van der Waals surface area contributed by atoms with Crippen LogP contribution < -0.4 is 16.8 Å². The minimum Gasteiger partial charge on any atom is -0.370 e. The first kappa shape index (κ1) is 10.5. The van der Waals surface area contributed by atoms with E-state index in [1.807, 2.05) is 26.0 Å². The van der Waals surface area contributed by atoms with E-state index in [4.69, 9.17) is 11.5 Å². The second-order valence-corrected chi connectivity index (χ2v) is 4.35. The fourth-order valence-electron chi connectivity index (χ4n) is 1.78. The Balaban J connectivity index is 2.52. The molecule has 0 fully saturated rings. The maximum absolute atomic E-state index is 11.7. The Morgan fingerprint density at radius 3 is 2.69 bits per heavy atom. The number of fused-ring (bicyclic) bond motifs is 1. The Morgan fingerprint density at radius 1 is 1.38 bits per heavy atom. The molecule has 0 bridgehead atoms. The summed E-state index contributed by atoms with van der Waals surface area (Å²) >= 11 is 0. The van der Waals surface area contributed by atoms with E-state index < -0.39 is 5.41 Å². The molecule has 1 amide bonds. The van der Waals surface area contributed by atoms with Gasteiger partial charge in [-0.2, -0.15) is 0 Å². The van der Waals surface area contributed by atoms with Crippen LogP contribution in [0.2, 0.25) is 0 Å². The number of amides is 1. The quantitative estimate of drug-likeness (QED) is 0.481. The van der Waals surface area contributed by atoms with E-state index >= 15 is 0 Å². The monoisotopic (exact) mass is 218 g/mol. The standard InChI is InChI=1S/C11H14N4O/c1-11(2)7-5-6(14-10(12)13)3-4-8(7)15-9(11)16/h3-5H,1-2H3,(H,15,16)(H4,12,13,14). The molecule has 84 valence electrons. The van der Waals surface area contributed by atoms with E-state index in [0.29, 0.717) is 5.69 Å². The lowest BCUT2D eigenvalue weighted by atomic mass is 9.86. The summed E-state index contributed by atoms with van der Waals surface area (Å²) in [5.74, 6) is -0.000566. The highest BCUT2D eigenvalue weighted by Gasteiger charge is 2.38. The second-order valence-electron chi connectivity index (χ2n) is 4.35.